The fourth-order valence-electron chi connectivity index (χ4n) is 4.14. The molecule has 2 saturated heterocycles. The Labute approximate surface area is 146 Å². The summed E-state index contributed by atoms with van der Waals surface area (Å²) >= 11 is 0. The summed E-state index contributed by atoms with van der Waals surface area (Å²) in [6.45, 7) is 10.2. The van der Waals surface area contributed by atoms with Crippen LogP contribution < -0.4 is 0 Å². The van der Waals surface area contributed by atoms with Crippen LogP contribution in [-0.2, 0) is 11.3 Å². The number of benzene rings is 1. The third kappa shape index (κ3) is 3.89. The first-order valence-corrected chi connectivity index (χ1v) is 9.52. The molecule has 2 heterocycles. The van der Waals surface area contributed by atoms with Crippen LogP contribution in [0.5, 0.6) is 0 Å². The number of piperidine rings is 1. The molecule has 0 saturated carbocycles. The number of ether oxygens (including phenoxy) is 1. The molecule has 2 aliphatic rings. The number of nitrogens with zero attached hydrogens (tertiary/aromatic N) is 1. The van der Waals surface area contributed by atoms with Gasteiger partial charge in [0.2, 0.25) is 0 Å². The number of rotatable bonds is 4. The van der Waals surface area contributed by atoms with Crippen molar-refractivity contribution in [3.05, 3.63) is 34.4 Å². The summed E-state index contributed by atoms with van der Waals surface area (Å²) < 4.78 is 5.42. The summed E-state index contributed by atoms with van der Waals surface area (Å²) in [5.74, 6) is 0.466. The molecule has 3 rings (SSSR count). The van der Waals surface area contributed by atoms with Crippen LogP contribution in [0.25, 0.3) is 0 Å². The Hall–Kier alpha value is -1.19. The summed E-state index contributed by atoms with van der Waals surface area (Å²) in [6, 6.07) is 5.02. The Bertz CT molecular complexity index is 590. The molecule has 1 unspecified atom stereocenters. The van der Waals surface area contributed by atoms with Gasteiger partial charge >= 0.3 is 0 Å². The van der Waals surface area contributed by atoms with Crippen LogP contribution in [0.2, 0.25) is 0 Å². The van der Waals surface area contributed by atoms with Crippen molar-refractivity contribution >= 4 is 5.78 Å². The van der Waals surface area contributed by atoms with Gasteiger partial charge in [-0.25, -0.2) is 0 Å². The molecule has 1 aromatic carbocycles. The van der Waals surface area contributed by atoms with Crippen molar-refractivity contribution in [2.24, 2.45) is 5.92 Å². The zero-order valence-corrected chi connectivity index (χ0v) is 15.4. The van der Waals surface area contributed by atoms with Crippen LogP contribution in [0.1, 0.15) is 66.1 Å². The SMILES string of the molecule is Cc1cc(CN2CCCCC2C)c(C)c(C(=O)C2CCOCC2)c1. The minimum atomic E-state index is 0.140. The molecule has 1 atom stereocenters. The van der Waals surface area contributed by atoms with E-state index in [1.165, 1.54) is 42.5 Å². The van der Waals surface area contributed by atoms with E-state index in [0.717, 1.165) is 38.2 Å². The Morgan fingerprint density at radius 1 is 1.17 bits per heavy atom. The zero-order chi connectivity index (χ0) is 17.1. The molecule has 0 N–H and O–H groups in total. The Morgan fingerprint density at radius 3 is 2.62 bits per heavy atom. The lowest BCUT2D eigenvalue weighted by Gasteiger charge is -2.34. The van der Waals surface area contributed by atoms with Crippen LogP contribution in [0.15, 0.2) is 12.1 Å². The van der Waals surface area contributed by atoms with Gasteiger partial charge in [-0.15, -0.1) is 0 Å². The molecule has 2 aliphatic heterocycles. The second kappa shape index (κ2) is 7.79. The smallest absolute Gasteiger partial charge is 0.166 e. The van der Waals surface area contributed by atoms with Gasteiger partial charge in [0.15, 0.2) is 5.78 Å². The molecule has 0 radical (unpaired) electrons. The van der Waals surface area contributed by atoms with E-state index < -0.39 is 0 Å². The lowest BCUT2D eigenvalue weighted by molar-refractivity contribution is 0.0544. The summed E-state index contributed by atoms with van der Waals surface area (Å²) in [5.41, 5.74) is 4.67. The largest absolute Gasteiger partial charge is 0.381 e. The predicted molar refractivity (Wildman–Crippen MR) is 97.5 cm³/mol. The third-order valence-electron chi connectivity index (χ3n) is 5.83. The van der Waals surface area contributed by atoms with E-state index in [1.807, 2.05) is 0 Å². The first-order valence-electron chi connectivity index (χ1n) is 9.52. The van der Waals surface area contributed by atoms with E-state index >= 15 is 0 Å². The van der Waals surface area contributed by atoms with Gasteiger partial charge in [0, 0.05) is 37.3 Å². The van der Waals surface area contributed by atoms with E-state index in [-0.39, 0.29) is 5.92 Å². The summed E-state index contributed by atoms with van der Waals surface area (Å²) in [7, 11) is 0. The Morgan fingerprint density at radius 2 is 1.92 bits per heavy atom. The van der Waals surface area contributed by atoms with Crippen LogP contribution in [0.3, 0.4) is 0 Å². The lowest BCUT2D eigenvalue weighted by Crippen LogP contribution is -2.37. The normalized spacial score (nSPS) is 23.4. The number of carbonyl (C=O) groups excluding carboxylic acids is 1. The maximum absolute atomic E-state index is 13.0. The lowest BCUT2D eigenvalue weighted by atomic mass is 9.86. The molecular weight excluding hydrogens is 298 g/mol. The zero-order valence-electron chi connectivity index (χ0n) is 15.4. The maximum Gasteiger partial charge on any atom is 0.166 e. The fourth-order valence-corrected chi connectivity index (χ4v) is 4.14. The highest BCUT2D eigenvalue weighted by atomic mass is 16.5. The number of ketones is 1. The van der Waals surface area contributed by atoms with Crippen molar-refractivity contribution in [1.82, 2.24) is 4.90 Å². The Balaban J connectivity index is 1.82. The van der Waals surface area contributed by atoms with Crippen molar-refractivity contribution in [2.75, 3.05) is 19.8 Å². The van der Waals surface area contributed by atoms with Gasteiger partial charge in [-0.3, -0.25) is 9.69 Å². The van der Waals surface area contributed by atoms with Crippen LogP contribution in [0.4, 0.5) is 0 Å². The average Bonchev–Trinajstić information content (AvgIpc) is 2.60. The van der Waals surface area contributed by atoms with Gasteiger partial charge in [-0.2, -0.15) is 0 Å². The first-order chi connectivity index (χ1) is 11.6. The highest BCUT2D eigenvalue weighted by Crippen LogP contribution is 2.27. The van der Waals surface area contributed by atoms with Crippen molar-refractivity contribution < 1.29 is 9.53 Å². The van der Waals surface area contributed by atoms with Crippen LogP contribution in [-0.4, -0.2) is 36.5 Å². The summed E-state index contributed by atoms with van der Waals surface area (Å²) in [5, 5.41) is 0. The minimum absolute atomic E-state index is 0.140. The molecule has 24 heavy (non-hydrogen) atoms. The number of hydrogen-bond donors (Lipinski definition) is 0. The van der Waals surface area contributed by atoms with Crippen LogP contribution >= 0.6 is 0 Å². The van der Waals surface area contributed by atoms with Gasteiger partial charge in [0.25, 0.3) is 0 Å². The van der Waals surface area contributed by atoms with Gasteiger partial charge in [-0.05, 0) is 70.2 Å². The van der Waals surface area contributed by atoms with Gasteiger partial charge in [0.1, 0.15) is 0 Å². The molecule has 0 aliphatic carbocycles. The quantitative estimate of drug-likeness (QED) is 0.772. The molecule has 3 heteroatoms. The number of hydrogen-bond acceptors (Lipinski definition) is 3. The topological polar surface area (TPSA) is 29.5 Å². The first kappa shape index (κ1) is 17.6. The molecule has 0 amide bonds. The van der Waals surface area contributed by atoms with E-state index in [0.29, 0.717) is 11.8 Å². The Kier molecular flexibility index (Phi) is 5.72. The second-order valence-electron chi connectivity index (χ2n) is 7.66. The van der Waals surface area contributed by atoms with E-state index in [9.17, 15) is 4.79 Å². The molecular formula is C21H31NO2. The van der Waals surface area contributed by atoms with E-state index in [4.69, 9.17) is 4.74 Å². The van der Waals surface area contributed by atoms with Gasteiger partial charge in [0.05, 0.1) is 0 Å². The van der Waals surface area contributed by atoms with Crippen molar-refractivity contribution in [2.45, 2.75) is 65.5 Å². The molecule has 3 nitrogen and oxygen atoms in total. The van der Waals surface area contributed by atoms with Crippen LogP contribution in [0, 0.1) is 19.8 Å². The standard InChI is InChI=1S/C21H31NO2/c1-15-12-19(14-22-9-5-4-6-16(22)2)17(3)20(13-15)21(23)18-7-10-24-11-8-18/h12-13,16,18H,4-11,14H2,1-3H3. The van der Waals surface area contributed by atoms with Gasteiger partial charge in [-0.1, -0.05) is 18.1 Å². The number of carbonyl (C=O) groups is 1. The molecule has 1 aromatic rings. The summed E-state index contributed by atoms with van der Waals surface area (Å²) in [4.78, 5) is 15.6. The number of likely N-dealkylation sites (tertiary alicyclic amines) is 1. The monoisotopic (exact) mass is 329 g/mol. The highest BCUT2D eigenvalue weighted by molar-refractivity contribution is 5.99. The highest BCUT2D eigenvalue weighted by Gasteiger charge is 2.26. The van der Waals surface area contributed by atoms with Gasteiger partial charge < -0.3 is 4.74 Å². The molecule has 0 spiro atoms. The predicted octanol–water partition coefficient (Wildman–Crippen LogP) is 4.29. The molecule has 0 aromatic heterocycles. The third-order valence-corrected chi connectivity index (χ3v) is 5.83. The number of Topliss-reactive ketones (excluding diaryl/α,β-unsaturated/α-hetero) is 1. The van der Waals surface area contributed by atoms with Crippen molar-refractivity contribution in [1.29, 1.82) is 0 Å². The minimum Gasteiger partial charge on any atom is -0.381 e. The maximum atomic E-state index is 13.0. The second-order valence-corrected chi connectivity index (χ2v) is 7.66. The number of aryl methyl sites for hydroxylation is 1. The van der Waals surface area contributed by atoms with E-state index in [2.05, 4.69) is 37.8 Å². The van der Waals surface area contributed by atoms with Crippen molar-refractivity contribution in [3.63, 3.8) is 0 Å². The summed E-state index contributed by atoms with van der Waals surface area (Å²) in [6.07, 6.45) is 5.66. The fraction of sp³-hybridized carbons (Fsp3) is 0.667. The average molecular weight is 329 g/mol. The molecule has 2 fully saturated rings. The van der Waals surface area contributed by atoms with E-state index in [1.54, 1.807) is 0 Å². The van der Waals surface area contributed by atoms with Crippen molar-refractivity contribution in [3.8, 4) is 0 Å². The molecule has 132 valence electrons. The molecule has 0 bridgehead atoms.